The maximum Gasteiger partial charge on any atom is 0.496 e. The first-order valence-electron chi connectivity index (χ1n) is 11.6. The van der Waals surface area contributed by atoms with Gasteiger partial charge >= 0.3 is 8.69 Å². The molecular weight excluding hydrogens is 357 g/mol. The van der Waals surface area contributed by atoms with E-state index in [1.54, 1.807) is 6.92 Å². The van der Waals surface area contributed by atoms with Crippen LogP contribution in [0.5, 0.6) is 0 Å². The van der Waals surface area contributed by atoms with E-state index in [4.69, 9.17) is 15.0 Å². The van der Waals surface area contributed by atoms with Crippen LogP contribution in [-0.4, -0.2) is 12.5 Å². The smallest absolute Gasteiger partial charge is 0.330 e. The molecule has 27 heavy (non-hydrogen) atoms. The first-order chi connectivity index (χ1) is 13.2. The molecule has 3 unspecified atom stereocenters. The molecule has 0 fully saturated rings. The SMILES string of the molecule is CCCCCCCCCCCCCCCCCCCC(O[PH+]=O)OC(C)N. The first kappa shape index (κ1) is 27.0. The van der Waals surface area contributed by atoms with Crippen LogP contribution in [0, 0.1) is 0 Å². The minimum Gasteiger partial charge on any atom is -0.330 e. The lowest BCUT2D eigenvalue weighted by Gasteiger charge is -2.14. The van der Waals surface area contributed by atoms with Gasteiger partial charge in [0.2, 0.25) is 6.29 Å². The Morgan fingerprint density at radius 3 is 1.41 bits per heavy atom. The molecule has 0 aliphatic heterocycles. The van der Waals surface area contributed by atoms with Crippen molar-refractivity contribution in [1.82, 2.24) is 0 Å². The fourth-order valence-corrected chi connectivity index (χ4v) is 3.76. The van der Waals surface area contributed by atoms with E-state index in [9.17, 15) is 4.57 Å². The van der Waals surface area contributed by atoms with E-state index in [2.05, 4.69) is 6.92 Å². The normalized spacial score (nSPS) is 13.9. The summed E-state index contributed by atoms with van der Waals surface area (Å²) in [6.45, 7) is 4.04. The maximum atomic E-state index is 10.6. The van der Waals surface area contributed by atoms with Crippen molar-refractivity contribution in [2.24, 2.45) is 5.73 Å². The van der Waals surface area contributed by atoms with Gasteiger partial charge in [0.05, 0.1) is 0 Å². The zero-order valence-electron chi connectivity index (χ0n) is 18.2. The Labute approximate surface area is 170 Å². The Kier molecular flexibility index (Phi) is 22.3. The number of unbranched alkanes of at least 4 members (excludes halogenated alkanes) is 16. The van der Waals surface area contributed by atoms with Gasteiger partial charge in [-0.2, -0.15) is 0 Å². The van der Waals surface area contributed by atoms with Crippen molar-refractivity contribution in [3.63, 3.8) is 0 Å². The molecular formula is C22H47NO3P+. The molecule has 2 N–H and O–H groups in total. The van der Waals surface area contributed by atoms with Gasteiger partial charge < -0.3 is 10.5 Å². The summed E-state index contributed by atoms with van der Waals surface area (Å²) in [4.78, 5) is 0. The van der Waals surface area contributed by atoms with Crippen molar-refractivity contribution in [2.45, 2.75) is 142 Å². The second-order valence-corrected chi connectivity index (χ2v) is 8.32. The van der Waals surface area contributed by atoms with Gasteiger partial charge in [-0.1, -0.05) is 110 Å². The Bertz CT molecular complexity index is 303. The van der Waals surface area contributed by atoms with Crippen LogP contribution in [0.2, 0.25) is 0 Å². The van der Waals surface area contributed by atoms with Gasteiger partial charge in [-0.15, -0.1) is 4.52 Å². The zero-order valence-corrected chi connectivity index (χ0v) is 19.2. The van der Waals surface area contributed by atoms with Crippen LogP contribution < -0.4 is 5.73 Å². The molecule has 162 valence electrons. The van der Waals surface area contributed by atoms with Gasteiger partial charge in [0.25, 0.3) is 0 Å². The van der Waals surface area contributed by atoms with Crippen LogP contribution >= 0.6 is 8.69 Å². The van der Waals surface area contributed by atoms with E-state index in [0.29, 0.717) is 0 Å². The highest BCUT2D eigenvalue weighted by Crippen LogP contribution is 2.17. The number of nitrogens with two attached hydrogens (primary N) is 1. The lowest BCUT2D eigenvalue weighted by molar-refractivity contribution is -0.110. The van der Waals surface area contributed by atoms with Crippen molar-refractivity contribution in [1.29, 1.82) is 0 Å². The van der Waals surface area contributed by atoms with Crippen molar-refractivity contribution in [2.75, 3.05) is 0 Å². The Morgan fingerprint density at radius 1 is 0.704 bits per heavy atom. The van der Waals surface area contributed by atoms with E-state index in [1.807, 2.05) is 0 Å². The van der Waals surface area contributed by atoms with Gasteiger partial charge in [-0.25, -0.2) is 0 Å². The van der Waals surface area contributed by atoms with E-state index in [-0.39, 0.29) is 6.23 Å². The molecule has 0 amide bonds. The van der Waals surface area contributed by atoms with Crippen molar-refractivity contribution >= 4 is 8.69 Å². The summed E-state index contributed by atoms with van der Waals surface area (Å²) in [5, 5.41) is 0. The highest BCUT2D eigenvalue weighted by Gasteiger charge is 2.15. The molecule has 0 aliphatic rings. The monoisotopic (exact) mass is 404 g/mol. The zero-order chi connectivity index (χ0) is 20.0. The second kappa shape index (κ2) is 22.3. The Balaban J connectivity index is 3.21. The molecule has 3 atom stereocenters. The third kappa shape index (κ3) is 22.1. The molecule has 0 aliphatic carbocycles. The molecule has 0 bridgehead atoms. The minimum absolute atomic E-state index is 0.378. The number of hydrogen-bond donors (Lipinski definition) is 1. The highest BCUT2D eigenvalue weighted by atomic mass is 31.1. The van der Waals surface area contributed by atoms with Crippen LogP contribution in [0.4, 0.5) is 0 Å². The molecule has 0 saturated carbocycles. The summed E-state index contributed by atoms with van der Waals surface area (Å²) in [5.41, 5.74) is 5.59. The molecule has 0 saturated heterocycles. The predicted molar refractivity (Wildman–Crippen MR) is 117 cm³/mol. The van der Waals surface area contributed by atoms with Crippen LogP contribution in [-0.2, 0) is 13.8 Å². The summed E-state index contributed by atoms with van der Waals surface area (Å²) >= 11 is 0. The predicted octanol–water partition coefficient (Wildman–Crippen LogP) is 7.63. The quantitative estimate of drug-likeness (QED) is 0.114. The molecule has 4 nitrogen and oxygen atoms in total. The van der Waals surface area contributed by atoms with Crippen LogP contribution in [0.25, 0.3) is 0 Å². The van der Waals surface area contributed by atoms with Crippen LogP contribution in [0.1, 0.15) is 129 Å². The summed E-state index contributed by atoms with van der Waals surface area (Å²) in [6.07, 6.45) is 23.2. The van der Waals surface area contributed by atoms with Crippen LogP contribution in [0.15, 0.2) is 0 Å². The topological polar surface area (TPSA) is 61.5 Å². The largest absolute Gasteiger partial charge is 0.496 e. The molecule has 0 spiro atoms. The van der Waals surface area contributed by atoms with Crippen molar-refractivity contribution < 1.29 is 13.8 Å². The summed E-state index contributed by atoms with van der Waals surface area (Å²) in [7, 11) is -0.782. The molecule has 0 rings (SSSR count). The van der Waals surface area contributed by atoms with Gasteiger partial charge in [0, 0.05) is 6.42 Å². The third-order valence-electron chi connectivity index (χ3n) is 5.09. The Hall–Kier alpha value is -0.0200. The standard InChI is InChI=1S/C22H47NO3P/c1-3-4-5-6-7-8-9-10-11-12-13-14-15-16-17-18-19-20-22(26-27-24)25-21(2)23/h21-22,27H,3-20,23H2,1-2H3/q+1. The van der Waals surface area contributed by atoms with E-state index < -0.39 is 15.0 Å². The average molecular weight is 405 g/mol. The second-order valence-electron chi connectivity index (χ2n) is 7.92. The molecule has 0 heterocycles. The summed E-state index contributed by atoms with van der Waals surface area (Å²) in [6, 6.07) is 0. The van der Waals surface area contributed by atoms with E-state index >= 15 is 0 Å². The number of rotatable bonds is 22. The maximum absolute atomic E-state index is 10.6. The Morgan fingerprint density at radius 2 is 1.07 bits per heavy atom. The molecule has 0 radical (unpaired) electrons. The van der Waals surface area contributed by atoms with Crippen LogP contribution in [0.3, 0.4) is 0 Å². The van der Waals surface area contributed by atoms with Gasteiger partial charge in [-0.3, -0.25) is 0 Å². The molecule has 0 aromatic rings. The molecule has 0 aromatic heterocycles. The van der Waals surface area contributed by atoms with Gasteiger partial charge in [0.15, 0.2) is 0 Å². The number of hydrogen-bond acceptors (Lipinski definition) is 4. The third-order valence-corrected chi connectivity index (χ3v) is 5.45. The molecule has 0 aromatic carbocycles. The first-order valence-corrected chi connectivity index (χ1v) is 12.5. The van der Waals surface area contributed by atoms with Crippen molar-refractivity contribution in [3.8, 4) is 0 Å². The average Bonchev–Trinajstić information content (AvgIpc) is 2.64. The minimum atomic E-state index is -0.782. The lowest BCUT2D eigenvalue weighted by atomic mass is 10.0. The summed E-state index contributed by atoms with van der Waals surface area (Å²) < 4.78 is 21.0. The highest BCUT2D eigenvalue weighted by molar-refractivity contribution is 7.17. The van der Waals surface area contributed by atoms with E-state index in [0.717, 1.165) is 12.8 Å². The van der Waals surface area contributed by atoms with Gasteiger partial charge in [-0.05, 0) is 17.9 Å². The fraction of sp³-hybridized carbons (Fsp3) is 1.00. The van der Waals surface area contributed by atoms with E-state index in [1.165, 1.54) is 103 Å². The molecule has 5 heteroatoms. The van der Waals surface area contributed by atoms with Crippen molar-refractivity contribution in [3.05, 3.63) is 0 Å². The lowest BCUT2D eigenvalue weighted by Crippen LogP contribution is -2.26. The number of ether oxygens (including phenoxy) is 1. The fourth-order valence-electron chi connectivity index (χ4n) is 3.48. The summed E-state index contributed by atoms with van der Waals surface area (Å²) in [5.74, 6) is 0. The van der Waals surface area contributed by atoms with Gasteiger partial charge in [0.1, 0.15) is 6.23 Å².